The predicted molar refractivity (Wildman–Crippen MR) is 153 cm³/mol. The smallest absolute Gasteiger partial charge is 0.320 e. The summed E-state index contributed by atoms with van der Waals surface area (Å²) in [4.78, 5) is 37.1. The molecular weight excluding hydrogens is 490 g/mol. The molecule has 2 aromatic heterocycles. The summed E-state index contributed by atoms with van der Waals surface area (Å²) in [5.74, 6) is -0.0556. The van der Waals surface area contributed by atoms with Crippen LogP contribution in [0.3, 0.4) is 0 Å². The average molecular weight is 526 g/mol. The molecule has 4 rings (SSSR count). The topological polar surface area (TPSA) is 131 Å². The maximum absolute atomic E-state index is 12.5. The van der Waals surface area contributed by atoms with Crippen LogP contribution in [0.1, 0.15) is 50.2 Å². The van der Waals surface area contributed by atoms with Crippen molar-refractivity contribution in [2.24, 2.45) is 11.7 Å². The van der Waals surface area contributed by atoms with Crippen molar-refractivity contribution in [1.82, 2.24) is 15.0 Å². The number of carbonyl (C=O) groups is 2. The maximum atomic E-state index is 12.5. The molecule has 4 N–H and O–H groups in total. The number of fused-ring (bicyclic) bond motifs is 1. The number of rotatable bonds is 13. The molecule has 0 aliphatic rings. The third-order valence-electron chi connectivity index (χ3n) is 6.80. The van der Waals surface area contributed by atoms with E-state index in [0.29, 0.717) is 35.0 Å². The van der Waals surface area contributed by atoms with Gasteiger partial charge >= 0.3 is 5.97 Å². The van der Waals surface area contributed by atoms with Crippen LogP contribution in [0.25, 0.3) is 22.4 Å². The average Bonchev–Trinajstić information content (AvgIpc) is 2.93. The van der Waals surface area contributed by atoms with Crippen molar-refractivity contribution < 1.29 is 14.7 Å². The van der Waals surface area contributed by atoms with Gasteiger partial charge in [-0.05, 0) is 54.9 Å². The monoisotopic (exact) mass is 525 g/mol. The van der Waals surface area contributed by atoms with Crippen LogP contribution in [0.4, 0.5) is 5.82 Å². The number of carboxylic acids is 1. The van der Waals surface area contributed by atoms with Gasteiger partial charge in [0.2, 0.25) is 5.91 Å². The molecule has 0 spiro atoms. The van der Waals surface area contributed by atoms with Gasteiger partial charge in [0, 0.05) is 12.0 Å². The summed E-state index contributed by atoms with van der Waals surface area (Å²) in [6, 6.07) is 20.5. The third-order valence-corrected chi connectivity index (χ3v) is 6.80. The molecule has 0 fully saturated rings. The summed E-state index contributed by atoms with van der Waals surface area (Å²) in [6.07, 6.45) is 7.63. The highest BCUT2D eigenvalue weighted by Crippen LogP contribution is 2.21. The third kappa shape index (κ3) is 8.41. The summed E-state index contributed by atoms with van der Waals surface area (Å²) in [6.45, 7) is 2.25. The maximum Gasteiger partial charge on any atom is 0.320 e. The fourth-order valence-corrected chi connectivity index (χ4v) is 4.52. The Morgan fingerprint density at radius 3 is 2.41 bits per heavy atom. The van der Waals surface area contributed by atoms with E-state index in [0.717, 1.165) is 43.2 Å². The number of anilines is 1. The number of amides is 1. The highest BCUT2D eigenvalue weighted by atomic mass is 16.4. The number of carboxylic acid groups (broad SMARTS) is 1. The molecule has 0 aliphatic carbocycles. The number of aliphatic carboxylic acids is 1. The Bertz CT molecular complexity index is 1390. The van der Waals surface area contributed by atoms with Gasteiger partial charge in [-0.25, -0.2) is 9.97 Å². The van der Waals surface area contributed by atoms with Crippen LogP contribution in [0.5, 0.6) is 0 Å². The van der Waals surface area contributed by atoms with E-state index in [2.05, 4.69) is 51.5 Å². The second-order valence-corrected chi connectivity index (χ2v) is 10.1. The molecule has 2 heterocycles. The number of hydrogen-bond acceptors (Lipinski definition) is 6. The fraction of sp³-hybridized carbons (Fsp3) is 0.323. The van der Waals surface area contributed by atoms with Crippen LogP contribution in [0.15, 0.2) is 72.9 Å². The Balaban J connectivity index is 1.27. The summed E-state index contributed by atoms with van der Waals surface area (Å²) < 4.78 is 0. The van der Waals surface area contributed by atoms with Gasteiger partial charge in [0.15, 0.2) is 5.65 Å². The summed E-state index contributed by atoms with van der Waals surface area (Å²) in [5.41, 5.74) is 10.4. The van der Waals surface area contributed by atoms with E-state index >= 15 is 0 Å². The summed E-state index contributed by atoms with van der Waals surface area (Å²) >= 11 is 0. The van der Waals surface area contributed by atoms with E-state index in [1.807, 2.05) is 30.3 Å². The van der Waals surface area contributed by atoms with Crippen molar-refractivity contribution in [3.8, 4) is 11.3 Å². The molecule has 1 amide bonds. The first kappa shape index (κ1) is 27.9. The molecule has 39 heavy (non-hydrogen) atoms. The van der Waals surface area contributed by atoms with Crippen LogP contribution in [-0.2, 0) is 22.4 Å². The van der Waals surface area contributed by atoms with Crippen LogP contribution in [-0.4, -0.2) is 38.0 Å². The van der Waals surface area contributed by atoms with Crippen molar-refractivity contribution >= 4 is 28.9 Å². The number of aryl methyl sites for hydroxylation is 1. The van der Waals surface area contributed by atoms with Gasteiger partial charge in [-0.1, -0.05) is 74.4 Å². The van der Waals surface area contributed by atoms with Crippen molar-refractivity contribution in [2.45, 2.75) is 57.9 Å². The summed E-state index contributed by atoms with van der Waals surface area (Å²) in [7, 11) is 0. The number of carbonyl (C=O) groups excluding carboxylic acids is 1. The lowest BCUT2D eigenvalue weighted by Crippen LogP contribution is -2.32. The first-order chi connectivity index (χ1) is 18.9. The Labute approximate surface area is 228 Å². The molecule has 2 aromatic carbocycles. The zero-order valence-electron chi connectivity index (χ0n) is 22.2. The van der Waals surface area contributed by atoms with Gasteiger partial charge in [0.05, 0.1) is 11.9 Å². The van der Waals surface area contributed by atoms with E-state index in [4.69, 9.17) is 10.8 Å². The SMILES string of the molecule is CC(CCCC(=O)Nc1ccc2ncc(-c3ccc(CC(N)C(=O)O)cc3)nc2n1)CCCc1ccccc1. The molecule has 0 radical (unpaired) electrons. The second-order valence-electron chi connectivity index (χ2n) is 10.1. The number of nitrogens with one attached hydrogen (secondary N) is 1. The Hall–Kier alpha value is -4.17. The van der Waals surface area contributed by atoms with Gasteiger partial charge in [0.1, 0.15) is 17.4 Å². The molecule has 8 nitrogen and oxygen atoms in total. The minimum atomic E-state index is -1.03. The van der Waals surface area contributed by atoms with E-state index in [1.165, 1.54) is 5.56 Å². The fourth-order valence-electron chi connectivity index (χ4n) is 4.52. The van der Waals surface area contributed by atoms with E-state index in [9.17, 15) is 9.59 Å². The van der Waals surface area contributed by atoms with Crippen molar-refractivity contribution in [2.75, 3.05) is 5.32 Å². The van der Waals surface area contributed by atoms with Gasteiger partial charge in [-0.2, -0.15) is 0 Å². The highest BCUT2D eigenvalue weighted by molar-refractivity contribution is 5.90. The molecule has 0 saturated carbocycles. The van der Waals surface area contributed by atoms with E-state index in [-0.39, 0.29) is 12.3 Å². The van der Waals surface area contributed by atoms with Gasteiger partial charge < -0.3 is 16.2 Å². The Morgan fingerprint density at radius 1 is 0.923 bits per heavy atom. The van der Waals surface area contributed by atoms with Crippen molar-refractivity contribution in [3.05, 3.63) is 84.1 Å². The molecule has 2 atom stereocenters. The van der Waals surface area contributed by atoms with Crippen molar-refractivity contribution in [1.29, 1.82) is 0 Å². The molecular formula is C31H35N5O3. The lowest BCUT2D eigenvalue weighted by molar-refractivity contribution is -0.138. The Morgan fingerprint density at radius 2 is 1.67 bits per heavy atom. The molecule has 4 aromatic rings. The quantitative estimate of drug-likeness (QED) is 0.213. The van der Waals surface area contributed by atoms with Crippen molar-refractivity contribution in [3.63, 3.8) is 0 Å². The number of nitrogens with zero attached hydrogens (tertiary/aromatic N) is 3. The molecule has 0 saturated heterocycles. The van der Waals surface area contributed by atoms with Gasteiger partial charge in [0.25, 0.3) is 0 Å². The number of aromatic nitrogens is 3. The lowest BCUT2D eigenvalue weighted by atomic mass is 9.96. The zero-order valence-corrected chi connectivity index (χ0v) is 22.2. The van der Waals surface area contributed by atoms with Gasteiger partial charge in [-0.3, -0.25) is 14.6 Å². The van der Waals surface area contributed by atoms with Crippen LogP contribution >= 0.6 is 0 Å². The first-order valence-corrected chi connectivity index (χ1v) is 13.4. The zero-order chi connectivity index (χ0) is 27.6. The Kier molecular flexibility index (Phi) is 9.69. The first-order valence-electron chi connectivity index (χ1n) is 13.4. The van der Waals surface area contributed by atoms with E-state index in [1.54, 1.807) is 18.3 Å². The van der Waals surface area contributed by atoms with Crippen LogP contribution in [0.2, 0.25) is 0 Å². The normalized spacial score (nSPS) is 12.7. The largest absolute Gasteiger partial charge is 0.480 e. The molecule has 202 valence electrons. The number of pyridine rings is 1. The van der Waals surface area contributed by atoms with Crippen LogP contribution < -0.4 is 11.1 Å². The van der Waals surface area contributed by atoms with E-state index < -0.39 is 12.0 Å². The number of nitrogens with two attached hydrogens (primary N) is 1. The lowest BCUT2D eigenvalue weighted by Gasteiger charge is -2.11. The van der Waals surface area contributed by atoms with Gasteiger partial charge in [-0.15, -0.1) is 0 Å². The summed E-state index contributed by atoms with van der Waals surface area (Å²) in [5, 5.41) is 11.9. The second kappa shape index (κ2) is 13.6. The predicted octanol–water partition coefficient (Wildman–Crippen LogP) is 5.41. The standard InChI is InChI=1S/C31H35N5O3/c1-21(7-5-11-22-9-3-2-4-10-22)8-6-12-29(37)35-28-18-17-26-30(36-28)34-27(20-33-26)24-15-13-23(14-16-24)19-25(32)31(38)39/h2-4,9-10,13-18,20-21,25H,5-8,11-12,19,32H2,1H3,(H,38,39)(H,34,35,36,37). The minimum Gasteiger partial charge on any atom is -0.480 e. The number of benzene rings is 2. The molecule has 2 unspecified atom stereocenters. The minimum absolute atomic E-state index is 0.0578. The molecule has 0 bridgehead atoms. The molecule has 8 heteroatoms. The number of hydrogen-bond donors (Lipinski definition) is 3. The molecule has 0 aliphatic heterocycles. The van der Waals surface area contributed by atoms with Crippen LogP contribution in [0, 0.1) is 5.92 Å². The highest BCUT2D eigenvalue weighted by Gasteiger charge is 2.13.